The number of hydrogen-bond acceptors (Lipinski definition) is 10. The van der Waals surface area contributed by atoms with Crippen LogP contribution < -0.4 is 5.56 Å². The molecule has 2 fully saturated rings. The summed E-state index contributed by atoms with van der Waals surface area (Å²) in [6, 6.07) is 1.53. The average Bonchev–Trinajstić information content (AvgIpc) is 3.58. The molecule has 246 valence electrons. The van der Waals surface area contributed by atoms with Crippen LogP contribution in [0.3, 0.4) is 0 Å². The minimum atomic E-state index is -0.877. The third-order valence-corrected chi connectivity index (χ3v) is 8.96. The van der Waals surface area contributed by atoms with Gasteiger partial charge in [0, 0.05) is 74.3 Å². The molecule has 3 aromatic rings. The van der Waals surface area contributed by atoms with E-state index in [1.807, 2.05) is 34.0 Å². The number of H-pyrrole nitrogens is 1. The molecule has 14 nitrogen and oxygen atoms in total. The molecule has 2 amide bonds. The minimum Gasteiger partial charge on any atom is -0.480 e. The van der Waals surface area contributed by atoms with Crippen LogP contribution in [0.1, 0.15) is 52.5 Å². The Balaban J connectivity index is 0.000000245. The van der Waals surface area contributed by atoms with Crippen LogP contribution in [0.15, 0.2) is 29.5 Å². The third-order valence-electron chi connectivity index (χ3n) is 6.57. The van der Waals surface area contributed by atoms with Gasteiger partial charge >= 0.3 is 18.2 Å². The fourth-order valence-electron chi connectivity index (χ4n) is 4.55. The normalized spacial score (nSPS) is 19.1. The number of ether oxygens (including phenoxy) is 2. The van der Waals surface area contributed by atoms with E-state index < -0.39 is 28.5 Å². The Labute approximate surface area is 269 Å². The molecule has 2 saturated heterocycles. The second-order valence-corrected chi connectivity index (χ2v) is 15.3. The number of hydrogen-bond donors (Lipinski definition) is 2. The number of aromatic amines is 1. The number of carbonyl (C=O) groups excluding carboxylic acids is 2. The van der Waals surface area contributed by atoms with Gasteiger partial charge in [0.2, 0.25) is 0 Å². The number of nitrogens with zero attached hydrogens (tertiary/aromatic N) is 6. The zero-order valence-electron chi connectivity index (χ0n) is 26.6. The summed E-state index contributed by atoms with van der Waals surface area (Å²) in [5.41, 5.74) is 1.63. The lowest BCUT2D eigenvalue weighted by atomic mass is 10.2. The molecule has 0 saturated carbocycles. The van der Waals surface area contributed by atoms with Crippen LogP contribution in [0, 0.1) is 0 Å². The van der Waals surface area contributed by atoms with Crippen molar-refractivity contribution in [3.63, 3.8) is 0 Å². The summed E-state index contributed by atoms with van der Waals surface area (Å²) in [4.78, 5) is 55.5. The van der Waals surface area contributed by atoms with Gasteiger partial charge in [-0.15, -0.1) is 23.5 Å². The van der Waals surface area contributed by atoms with Crippen LogP contribution in [0.25, 0.3) is 16.8 Å². The molecule has 2 atom stereocenters. The zero-order valence-corrected chi connectivity index (χ0v) is 28.2. The Kier molecular flexibility index (Phi) is 10.5. The van der Waals surface area contributed by atoms with E-state index in [9.17, 15) is 19.2 Å². The van der Waals surface area contributed by atoms with Gasteiger partial charge in [0.25, 0.3) is 5.56 Å². The smallest absolute Gasteiger partial charge is 0.410 e. The number of carboxylic acids is 1. The van der Waals surface area contributed by atoms with Crippen molar-refractivity contribution in [2.45, 2.75) is 63.2 Å². The van der Waals surface area contributed by atoms with Gasteiger partial charge in [0.15, 0.2) is 5.65 Å². The summed E-state index contributed by atoms with van der Waals surface area (Å²) in [5.74, 6) is 0.516. The summed E-state index contributed by atoms with van der Waals surface area (Å²) in [7, 11) is 1.84. The van der Waals surface area contributed by atoms with E-state index in [1.54, 1.807) is 54.5 Å². The number of carbonyl (C=O) groups is 3. The molecule has 45 heavy (non-hydrogen) atoms. The Morgan fingerprint density at radius 2 is 1.58 bits per heavy atom. The van der Waals surface area contributed by atoms with E-state index in [2.05, 4.69) is 10.2 Å². The number of thioether (sulfide) groups is 2. The van der Waals surface area contributed by atoms with Crippen LogP contribution >= 0.6 is 23.5 Å². The van der Waals surface area contributed by atoms with E-state index >= 15 is 0 Å². The molecule has 0 bridgehead atoms. The molecule has 2 aliphatic rings. The molecule has 2 N–H and O–H groups in total. The van der Waals surface area contributed by atoms with Crippen molar-refractivity contribution in [3.8, 4) is 11.1 Å². The molecule has 5 heterocycles. The SMILES string of the molecule is CC(C)(C)OC(=O)N1CCSC(C(=O)O)C1.Cn1cc(-c2c[nH]n3c(=O)cc(C4CN(C(=O)OC(C)(C)C)CCS4)nc23)cn1. The van der Waals surface area contributed by atoms with Crippen LogP contribution in [-0.2, 0) is 21.3 Å². The Morgan fingerprint density at radius 1 is 0.978 bits per heavy atom. The monoisotopic (exact) mass is 663 g/mol. The molecule has 2 aliphatic heterocycles. The molecule has 0 spiro atoms. The van der Waals surface area contributed by atoms with E-state index in [4.69, 9.17) is 19.6 Å². The van der Waals surface area contributed by atoms with E-state index in [0.717, 1.165) is 16.9 Å². The average molecular weight is 664 g/mol. The Morgan fingerprint density at radius 3 is 2.13 bits per heavy atom. The second-order valence-electron chi connectivity index (χ2n) is 12.7. The van der Waals surface area contributed by atoms with Gasteiger partial charge in [-0.05, 0) is 41.5 Å². The molecular formula is C29H41N7O7S2. The van der Waals surface area contributed by atoms with Crippen molar-refractivity contribution in [3.05, 3.63) is 40.7 Å². The van der Waals surface area contributed by atoms with E-state index in [-0.39, 0.29) is 23.4 Å². The minimum absolute atomic E-state index is 0.0920. The molecule has 0 aromatic carbocycles. The maximum Gasteiger partial charge on any atom is 0.410 e. The van der Waals surface area contributed by atoms with Crippen molar-refractivity contribution in [1.82, 2.24) is 34.2 Å². The first kappa shape index (κ1) is 34.2. The first-order chi connectivity index (χ1) is 21.0. The highest BCUT2D eigenvalue weighted by atomic mass is 32.2. The van der Waals surface area contributed by atoms with Crippen molar-refractivity contribution in [2.75, 3.05) is 37.7 Å². The quantitative estimate of drug-likeness (QED) is 0.418. The van der Waals surface area contributed by atoms with Gasteiger partial charge in [-0.1, -0.05) is 0 Å². The van der Waals surface area contributed by atoms with Crippen LogP contribution in [0.2, 0.25) is 0 Å². The predicted octanol–water partition coefficient (Wildman–Crippen LogP) is 3.87. The van der Waals surface area contributed by atoms with E-state index in [1.165, 1.54) is 27.2 Å². The lowest BCUT2D eigenvalue weighted by Crippen LogP contribution is -2.46. The van der Waals surface area contributed by atoms with Crippen LogP contribution in [0.5, 0.6) is 0 Å². The van der Waals surface area contributed by atoms with Gasteiger partial charge in [0.1, 0.15) is 16.5 Å². The molecule has 2 unspecified atom stereocenters. The second kappa shape index (κ2) is 13.8. The van der Waals surface area contributed by atoms with Gasteiger partial charge in [-0.25, -0.2) is 19.1 Å². The topological polar surface area (TPSA) is 164 Å². The van der Waals surface area contributed by atoms with Gasteiger partial charge in [-0.3, -0.25) is 19.4 Å². The molecule has 0 radical (unpaired) electrons. The first-order valence-electron chi connectivity index (χ1n) is 14.5. The highest BCUT2D eigenvalue weighted by molar-refractivity contribution is 8.00. The number of aromatic nitrogens is 5. The van der Waals surface area contributed by atoms with Crippen molar-refractivity contribution in [2.24, 2.45) is 7.05 Å². The fraction of sp³-hybridized carbons (Fsp3) is 0.586. The fourth-order valence-corrected chi connectivity index (χ4v) is 6.77. The molecular weight excluding hydrogens is 622 g/mol. The number of fused-ring (bicyclic) bond motifs is 1. The maximum atomic E-state index is 12.7. The number of nitrogens with one attached hydrogen (secondary N) is 1. The summed E-state index contributed by atoms with van der Waals surface area (Å²) >= 11 is 3.06. The summed E-state index contributed by atoms with van der Waals surface area (Å²) in [5, 5.41) is 15.4. The predicted molar refractivity (Wildman–Crippen MR) is 173 cm³/mol. The van der Waals surface area contributed by atoms with Crippen LogP contribution in [0.4, 0.5) is 9.59 Å². The number of aliphatic carboxylic acids is 1. The number of rotatable bonds is 3. The highest BCUT2D eigenvalue weighted by Crippen LogP contribution is 2.33. The van der Waals surface area contributed by atoms with Crippen molar-refractivity contribution < 1.29 is 29.0 Å². The summed E-state index contributed by atoms with van der Waals surface area (Å²) in [6.07, 6.45) is 4.60. The van der Waals surface area contributed by atoms with Gasteiger partial charge in [-0.2, -0.15) is 5.10 Å². The molecule has 0 aliphatic carbocycles. The number of carboxylic acid groups (broad SMARTS) is 1. The molecule has 3 aromatic heterocycles. The zero-order chi connectivity index (χ0) is 33.1. The highest BCUT2D eigenvalue weighted by Gasteiger charge is 2.32. The number of amides is 2. The van der Waals surface area contributed by atoms with Crippen LogP contribution in [-0.4, -0.2) is 112 Å². The summed E-state index contributed by atoms with van der Waals surface area (Å²) in [6.45, 7) is 12.8. The van der Waals surface area contributed by atoms with Gasteiger partial charge in [0.05, 0.1) is 17.1 Å². The molecule has 5 rings (SSSR count). The summed E-state index contributed by atoms with van der Waals surface area (Å²) < 4.78 is 13.8. The van der Waals surface area contributed by atoms with E-state index in [0.29, 0.717) is 36.7 Å². The van der Waals surface area contributed by atoms with Crippen molar-refractivity contribution >= 4 is 47.3 Å². The third kappa shape index (κ3) is 9.19. The first-order valence-corrected chi connectivity index (χ1v) is 16.6. The maximum absolute atomic E-state index is 12.7. The lowest BCUT2D eigenvalue weighted by molar-refractivity contribution is -0.136. The standard InChI is InChI=1S/C19H24N6O3S.C10H17NO4S/c1-19(2,3)28-18(27)24-5-6-29-15(11-24)14-7-16(26)25-17(22-14)13(9-21-25)12-8-20-23(4)10-12;1-10(2,3)15-9(14)11-4-5-16-7(6-11)8(12)13/h7-10,15,21H,5-6,11H2,1-4H3;7H,4-6H2,1-3H3,(H,12,13). The number of aryl methyl sites for hydroxylation is 1. The van der Waals surface area contributed by atoms with Crippen molar-refractivity contribution in [1.29, 1.82) is 0 Å². The lowest BCUT2D eigenvalue weighted by Gasteiger charge is -2.33. The largest absolute Gasteiger partial charge is 0.480 e. The Bertz CT molecular complexity index is 1590. The Hall–Kier alpha value is -3.66. The van der Waals surface area contributed by atoms with Gasteiger partial charge < -0.3 is 24.4 Å². The molecule has 16 heteroatoms.